The van der Waals surface area contributed by atoms with E-state index in [9.17, 15) is 9.18 Å². The minimum atomic E-state index is -0.344. The summed E-state index contributed by atoms with van der Waals surface area (Å²) in [4.78, 5) is 12.2. The van der Waals surface area contributed by atoms with E-state index in [4.69, 9.17) is 9.47 Å². The lowest BCUT2D eigenvalue weighted by molar-refractivity contribution is -0.116. The number of nitrogens with one attached hydrogen (secondary N) is 1. The van der Waals surface area contributed by atoms with E-state index >= 15 is 0 Å². The van der Waals surface area contributed by atoms with Gasteiger partial charge < -0.3 is 19.4 Å². The number of carbonyl (C=O) groups is 1. The quantitative estimate of drug-likeness (QED) is 0.780. The number of fused-ring (bicyclic) bond motifs is 1. The Morgan fingerprint density at radius 3 is 2.54 bits per heavy atom. The van der Waals surface area contributed by atoms with Crippen LogP contribution in [0.3, 0.4) is 0 Å². The zero-order valence-corrected chi connectivity index (χ0v) is 13.4. The number of carbonyl (C=O) groups excluding carboxylic acids is 1. The monoisotopic (exact) mass is 328 g/mol. The molecule has 5 nitrogen and oxygen atoms in total. The van der Waals surface area contributed by atoms with E-state index in [1.54, 1.807) is 24.9 Å². The molecule has 0 aliphatic heterocycles. The van der Waals surface area contributed by atoms with Gasteiger partial charge in [0.05, 0.1) is 19.7 Å². The van der Waals surface area contributed by atoms with E-state index in [2.05, 4.69) is 5.32 Å². The highest BCUT2D eigenvalue weighted by molar-refractivity contribution is 5.93. The lowest BCUT2D eigenvalue weighted by Crippen LogP contribution is -2.18. The molecule has 0 spiro atoms. The second kappa shape index (κ2) is 6.62. The van der Waals surface area contributed by atoms with Crippen LogP contribution in [0.2, 0.25) is 0 Å². The third-order valence-corrected chi connectivity index (χ3v) is 3.72. The maximum absolute atomic E-state index is 12.9. The number of hydrogen-bond donors (Lipinski definition) is 1. The first-order chi connectivity index (χ1) is 11.6. The van der Waals surface area contributed by atoms with E-state index in [1.165, 1.54) is 24.3 Å². The Hall–Kier alpha value is -3.02. The highest BCUT2D eigenvalue weighted by Crippen LogP contribution is 2.31. The molecule has 0 radical (unpaired) electrons. The van der Waals surface area contributed by atoms with Crippen LogP contribution in [0.4, 0.5) is 10.1 Å². The van der Waals surface area contributed by atoms with Gasteiger partial charge in [0.25, 0.3) is 0 Å². The molecule has 3 rings (SSSR count). The SMILES string of the molecule is COc1cc(OC)c2ccn(CC(=O)Nc3ccc(F)cc3)c2c1. The van der Waals surface area contributed by atoms with Crippen molar-refractivity contribution in [3.63, 3.8) is 0 Å². The van der Waals surface area contributed by atoms with Crippen LogP contribution in [0.5, 0.6) is 11.5 Å². The van der Waals surface area contributed by atoms with Gasteiger partial charge >= 0.3 is 0 Å². The highest BCUT2D eigenvalue weighted by Gasteiger charge is 2.12. The van der Waals surface area contributed by atoms with Gasteiger partial charge in [0.15, 0.2) is 0 Å². The lowest BCUT2D eigenvalue weighted by Gasteiger charge is -2.10. The van der Waals surface area contributed by atoms with Gasteiger partial charge in [-0.3, -0.25) is 4.79 Å². The van der Waals surface area contributed by atoms with E-state index in [0.29, 0.717) is 17.2 Å². The first-order valence-electron chi connectivity index (χ1n) is 7.37. The zero-order valence-electron chi connectivity index (χ0n) is 13.4. The van der Waals surface area contributed by atoms with E-state index in [-0.39, 0.29) is 18.3 Å². The van der Waals surface area contributed by atoms with Gasteiger partial charge in [0, 0.05) is 29.4 Å². The van der Waals surface area contributed by atoms with Crippen LogP contribution >= 0.6 is 0 Å². The van der Waals surface area contributed by atoms with Crippen molar-refractivity contribution in [2.45, 2.75) is 6.54 Å². The number of amides is 1. The van der Waals surface area contributed by atoms with Gasteiger partial charge in [0.2, 0.25) is 5.91 Å². The number of methoxy groups -OCH3 is 2. The molecular weight excluding hydrogens is 311 g/mol. The minimum absolute atomic E-state index is 0.122. The Morgan fingerprint density at radius 2 is 1.88 bits per heavy atom. The summed E-state index contributed by atoms with van der Waals surface area (Å²) in [7, 11) is 3.17. The first kappa shape index (κ1) is 15.9. The molecule has 0 aliphatic carbocycles. The summed E-state index contributed by atoms with van der Waals surface area (Å²) in [6, 6.07) is 11.2. The van der Waals surface area contributed by atoms with E-state index in [0.717, 1.165) is 10.9 Å². The fourth-order valence-corrected chi connectivity index (χ4v) is 2.55. The number of benzene rings is 2. The third kappa shape index (κ3) is 3.17. The van der Waals surface area contributed by atoms with Crippen LogP contribution in [-0.2, 0) is 11.3 Å². The van der Waals surface area contributed by atoms with Crippen molar-refractivity contribution in [2.24, 2.45) is 0 Å². The first-order valence-corrected chi connectivity index (χ1v) is 7.37. The molecule has 0 fully saturated rings. The number of aromatic nitrogens is 1. The summed E-state index contributed by atoms with van der Waals surface area (Å²) < 4.78 is 25.3. The van der Waals surface area contributed by atoms with Crippen LogP contribution in [0.25, 0.3) is 10.9 Å². The Balaban J connectivity index is 1.84. The molecule has 0 aliphatic rings. The number of ether oxygens (including phenoxy) is 2. The molecular formula is C18H17FN2O3. The van der Waals surface area contributed by atoms with Gasteiger partial charge in [-0.2, -0.15) is 0 Å². The molecule has 24 heavy (non-hydrogen) atoms. The van der Waals surface area contributed by atoms with E-state index in [1.807, 2.05) is 18.3 Å². The summed E-state index contributed by atoms with van der Waals surface area (Å²) in [6.45, 7) is 0.122. The van der Waals surface area contributed by atoms with Crippen molar-refractivity contribution in [1.29, 1.82) is 0 Å². The summed E-state index contributed by atoms with van der Waals surface area (Å²) in [6.07, 6.45) is 1.82. The molecule has 0 unspecified atom stereocenters. The normalized spacial score (nSPS) is 10.6. The number of nitrogens with zero attached hydrogens (tertiary/aromatic N) is 1. The standard InChI is InChI=1S/C18H17FN2O3/c1-23-14-9-16-15(17(10-14)24-2)7-8-21(16)11-18(22)20-13-5-3-12(19)4-6-13/h3-10H,11H2,1-2H3,(H,20,22). The maximum atomic E-state index is 12.9. The summed E-state index contributed by atoms with van der Waals surface area (Å²) in [5, 5.41) is 3.64. The van der Waals surface area contributed by atoms with Crippen LogP contribution in [0.15, 0.2) is 48.7 Å². The van der Waals surface area contributed by atoms with Crippen LogP contribution in [0.1, 0.15) is 0 Å². The number of anilines is 1. The fourth-order valence-electron chi connectivity index (χ4n) is 2.55. The molecule has 3 aromatic rings. The van der Waals surface area contributed by atoms with Crippen molar-refractivity contribution in [1.82, 2.24) is 4.57 Å². The number of hydrogen-bond acceptors (Lipinski definition) is 3. The summed E-state index contributed by atoms with van der Waals surface area (Å²) in [5.41, 5.74) is 1.38. The van der Waals surface area contributed by atoms with Crippen molar-refractivity contribution in [3.8, 4) is 11.5 Å². The van der Waals surface area contributed by atoms with Gasteiger partial charge in [0.1, 0.15) is 23.9 Å². The highest BCUT2D eigenvalue weighted by atomic mass is 19.1. The Labute approximate surface area is 138 Å². The molecule has 6 heteroatoms. The Kier molecular flexibility index (Phi) is 4.37. The molecule has 1 amide bonds. The van der Waals surface area contributed by atoms with Crippen LogP contribution < -0.4 is 14.8 Å². The molecule has 0 saturated heterocycles. The minimum Gasteiger partial charge on any atom is -0.497 e. The van der Waals surface area contributed by atoms with Crippen molar-refractivity contribution in [2.75, 3.05) is 19.5 Å². The number of halogens is 1. The largest absolute Gasteiger partial charge is 0.497 e. The molecule has 1 heterocycles. The zero-order chi connectivity index (χ0) is 17.1. The molecule has 2 aromatic carbocycles. The average molecular weight is 328 g/mol. The van der Waals surface area contributed by atoms with Crippen molar-refractivity contribution < 1.29 is 18.7 Å². The molecule has 0 bridgehead atoms. The second-order valence-corrected chi connectivity index (χ2v) is 5.26. The fraction of sp³-hybridized carbons (Fsp3) is 0.167. The van der Waals surface area contributed by atoms with E-state index < -0.39 is 0 Å². The third-order valence-electron chi connectivity index (χ3n) is 3.72. The lowest BCUT2D eigenvalue weighted by atomic mass is 10.2. The van der Waals surface area contributed by atoms with Gasteiger partial charge in [-0.1, -0.05) is 0 Å². The Bertz CT molecular complexity index is 872. The molecule has 1 N–H and O–H groups in total. The predicted octanol–water partition coefficient (Wildman–Crippen LogP) is 3.44. The summed E-state index contributed by atoms with van der Waals surface area (Å²) >= 11 is 0. The topological polar surface area (TPSA) is 52.5 Å². The van der Waals surface area contributed by atoms with Gasteiger partial charge in [-0.25, -0.2) is 4.39 Å². The smallest absolute Gasteiger partial charge is 0.244 e. The second-order valence-electron chi connectivity index (χ2n) is 5.26. The molecule has 124 valence electrons. The summed E-state index contributed by atoms with van der Waals surface area (Å²) in [5.74, 6) is 0.782. The molecule has 0 atom stereocenters. The van der Waals surface area contributed by atoms with Crippen molar-refractivity contribution in [3.05, 3.63) is 54.5 Å². The predicted molar refractivity (Wildman–Crippen MR) is 90.1 cm³/mol. The molecule has 1 aromatic heterocycles. The van der Waals surface area contributed by atoms with Crippen molar-refractivity contribution >= 4 is 22.5 Å². The van der Waals surface area contributed by atoms with Gasteiger partial charge in [-0.15, -0.1) is 0 Å². The molecule has 0 saturated carbocycles. The van der Waals surface area contributed by atoms with Crippen LogP contribution in [0, 0.1) is 5.82 Å². The number of rotatable bonds is 5. The maximum Gasteiger partial charge on any atom is 0.244 e. The van der Waals surface area contributed by atoms with Gasteiger partial charge in [-0.05, 0) is 30.3 Å². The Morgan fingerprint density at radius 1 is 1.12 bits per heavy atom. The average Bonchev–Trinajstić information content (AvgIpc) is 2.98. The van der Waals surface area contributed by atoms with Crippen LogP contribution in [-0.4, -0.2) is 24.7 Å².